The van der Waals surface area contributed by atoms with Crippen molar-refractivity contribution < 1.29 is 9.13 Å². The van der Waals surface area contributed by atoms with Crippen LogP contribution in [0.4, 0.5) is 4.39 Å². The summed E-state index contributed by atoms with van der Waals surface area (Å²) in [5.41, 5.74) is 4.80. The number of morpholine rings is 1. The largest absolute Gasteiger partial charge is 0.379 e. The Morgan fingerprint density at radius 2 is 2.00 bits per heavy atom. The summed E-state index contributed by atoms with van der Waals surface area (Å²) in [7, 11) is 0. The van der Waals surface area contributed by atoms with Crippen LogP contribution < -0.4 is 0 Å². The van der Waals surface area contributed by atoms with E-state index in [2.05, 4.69) is 31.0 Å². The Morgan fingerprint density at radius 3 is 2.91 bits per heavy atom. The Labute approximate surface area is 194 Å². The van der Waals surface area contributed by atoms with Gasteiger partial charge in [0, 0.05) is 77.6 Å². The van der Waals surface area contributed by atoms with Gasteiger partial charge in [-0.05, 0) is 36.8 Å². The van der Waals surface area contributed by atoms with Crippen molar-refractivity contribution in [2.24, 2.45) is 0 Å². The first kappa shape index (κ1) is 20.5. The number of aromatic nitrogens is 4. The molecule has 0 atom stereocenters. The summed E-state index contributed by atoms with van der Waals surface area (Å²) in [5, 5.41) is 4.91. The number of aryl methyl sites for hydroxylation is 1. The van der Waals surface area contributed by atoms with Gasteiger partial charge in [-0.1, -0.05) is 0 Å². The third-order valence-corrected chi connectivity index (χ3v) is 7.16. The summed E-state index contributed by atoms with van der Waals surface area (Å²) >= 11 is 1.59. The van der Waals surface area contributed by atoms with Crippen LogP contribution in [-0.4, -0.2) is 57.3 Å². The first-order valence-corrected chi connectivity index (χ1v) is 12.1. The lowest BCUT2D eigenvalue weighted by Crippen LogP contribution is -2.37. The standard InChI is InChI=1S/C25H24FN5OS/c26-17-4-5-23-19(13-17)21(15-31(23)8-2-7-30-9-11-32-12-10-30)25-29-22(16-33-25)20-14-28-24-18(20)3-1-6-27-24/h1,3-6,13-16H,2,7-12H2,(H,27,28). The predicted molar refractivity (Wildman–Crippen MR) is 130 cm³/mol. The molecule has 1 aliphatic heterocycles. The van der Waals surface area contributed by atoms with Crippen molar-refractivity contribution in [1.82, 2.24) is 24.4 Å². The first-order valence-electron chi connectivity index (χ1n) is 11.2. The van der Waals surface area contributed by atoms with Crippen molar-refractivity contribution in [2.75, 3.05) is 32.8 Å². The number of rotatable bonds is 6. The maximum atomic E-state index is 14.2. The van der Waals surface area contributed by atoms with Crippen LogP contribution in [0.2, 0.25) is 0 Å². The Morgan fingerprint density at radius 1 is 1.09 bits per heavy atom. The van der Waals surface area contributed by atoms with E-state index in [0.717, 1.165) is 89.6 Å². The molecule has 6 nitrogen and oxygen atoms in total. The maximum Gasteiger partial charge on any atom is 0.137 e. The molecule has 168 valence electrons. The average molecular weight is 462 g/mol. The number of thiazole rings is 1. The highest BCUT2D eigenvalue weighted by Gasteiger charge is 2.17. The highest BCUT2D eigenvalue weighted by Crippen LogP contribution is 2.36. The number of hydrogen-bond acceptors (Lipinski definition) is 5. The maximum absolute atomic E-state index is 14.2. The minimum atomic E-state index is -0.228. The van der Waals surface area contributed by atoms with Crippen LogP contribution in [0.5, 0.6) is 0 Å². The molecule has 0 amide bonds. The summed E-state index contributed by atoms with van der Waals surface area (Å²) in [6.45, 7) is 5.53. The van der Waals surface area contributed by atoms with E-state index in [1.807, 2.05) is 24.4 Å². The Bertz CT molecular complexity index is 1410. The molecule has 6 rings (SSSR count). The van der Waals surface area contributed by atoms with Crippen LogP contribution in [-0.2, 0) is 11.3 Å². The summed E-state index contributed by atoms with van der Waals surface area (Å²) in [6, 6.07) is 9.02. The van der Waals surface area contributed by atoms with Crippen molar-refractivity contribution >= 4 is 33.3 Å². The third-order valence-electron chi connectivity index (χ3n) is 6.28. The topological polar surface area (TPSA) is 59.0 Å². The molecule has 0 unspecified atom stereocenters. The Balaban J connectivity index is 1.31. The molecule has 0 aliphatic carbocycles. The van der Waals surface area contributed by atoms with Gasteiger partial charge in [0.05, 0.1) is 18.9 Å². The SMILES string of the molecule is Fc1ccc2c(c1)c(-c1nc(-c3c[nH]c4ncccc34)cs1)cn2CCCN1CCOCC1. The zero-order chi connectivity index (χ0) is 22.2. The molecule has 33 heavy (non-hydrogen) atoms. The van der Waals surface area contributed by atoms with Gasteiger partial charge in [-0.25, -0.2) is 14.4 Å². The molecule has 0 radical (unpaired) electrons. The number of pyridine rings is 1. The van der Waals surface area contributed by atoms with Crippen LogP contribution in [0, 0.1) is 5.82 Å². The number of H-pyrrole nitrogens is 1. The van der Waals surface area contributed by atoms with E-state index < -0.39 is 0 Å². The van der Waals surface area contributed by atoms with Crippen molar-refractivity contribution in [1.29, 1.82) is 0 Å². The molecule has 5 heterocycles. The van der Waals surface area contributed by atoms with Gasteiger partial charge in [-0.15, -0.1) is 11.3 Å². The van der Waals surface area contributed by atoms with Crippen LogP contribution in [0.25, 0.3) is 43.8 Å². The van der Waals surface area contributed by atoms with E-state index in [0.29, 0.717) is 0 Å². The normalized spacial score (nSPS) is 15.1. The molecule has 5 aromatic rings. The van der Waals surface area contributed by atoms with E-state index in [-0.39, 0.29) is 5.82 Å². The molecule has 0 spiro atoms. The second-order valence-electron chi connectivity index (χ2n) is 8.35. The molecule has 4 aromatic heterocycles. The van der Waals surface area contributed by atoms with Gasteiger partial charge in [0.2, 0.25) is 0 Å². The molecule has 8 heteroatoms. The van der Waals surface area contributed by atoms with Crippen LogP contribution in [0.3, 0.4) is 0 Å². The van der Waals surface area contributed by atoms with Crippen molar-refractivity contribution in [3.8, 4) is 21.8 Å². The lowest BCUT2D eigenvalue weighted by Gasteiger charge is -2.26. The minimum absolute atomic E-state index is 0.228. The quantitative estimate of drug-likeness (QED) is 0.379. The number of aromatic amines is 1. The van der Waals surface area contributed by atoms with Gasteiger partial charge in [-0.3, -0.25) is 4.90 Å². The number of nitrogens with one attached hydrogen (secondary N) is 1. The number of nitrogens with zero attached hydrogens (tertiary/aromatic N) is 4. The first-order chi connectivity index (χ1) is 16.3. The van der Waals surface area contributed by atoms with Gasteiger partial charge in [0.1, 0.15) is 16.5 Å². The third kappa shape index (κ3) is 3.94. The monoisotopic (exact) mass is 461 g/mol. The fraction of sp³-hybridized carbons (Fsp3) is 0.280. The lowest BCUT2D eigenvalue weighted by molar-refractivity contribution is 0.0370. The van der Waals surface area contributed by atoms with Crippen molar-refractivity contribution in [2.45, 2.75) is 13.0 Å². The Hall–Kier alpha value is -3.07. The minimum Gasteiger partial charge on any atom is -0.379 e. The Kier molecular flexibility index (Phi) is 5.41. The average Bonchev–Trinajstić information content (AvgIpc) is 3.56. The number of benzene rings is 1. The highest BCUT2D eigenvalue weighted by atomic mass is 32.1. The van der Waals surface area contributed by atoms with Crippen LogP contribution in [0.1, 0.15) is 6.42 Å². The number of hydrogen-bond donors (Lipinski definition) is 1. The molecular weight excluding hydrogens is 437 g/mol. The van der Waals surface area contributed by atoms with Crippen LogP contribution >= 0.6 is 11.3 Å². The van der Waals surface area contributed by atoms with Gasteiger partial charge in [-0.2, -0.15) is 0 Å². The van der Waals surface area contributed by atoms with E-state index in [9.17, 15) is 4.39 Å². The predicted octanol–water partition coefficient (Wildman–Crippen LogP) is 5.17. The van der Waals surface area contributed by atoms with Gasteiger partial charge < -0.3 is 14.3 Å². The molecule has 0 saturated carbocycles. The number of halogens is 1. The van der Waals surface area contributed by atoms with Gasteiger partial charge in [0.25, 0.3) is 0 Å². The number of ether oxygens (including phenoxy) is 1. The molecule has 1 fully saturated rings. The summed E-state index contributed by atoms with van der Waals surface area (Å²) < 4.78 is 21.9. The molecule has 1 saturated heterocycles. The highest BCUT2D eigenvalue weighted by molar-refractivity contribution is 7.13. The van der Waals surface area contributed by atoms with Gasteiger partial charge >= 0.3 is 0 Å². The fourth-order valence-electron chi connectivity index (χ4n) is 4.60. The molecule has 1 N–H and O–H groups in total. The van der Waals surface area contributed by atoms with E-state index >= 15 is 0 Å². The van der Waals surface area contributed by atoms with Crippen LogP contribution in [0.15, 0.2) is 54.3 Å². The number of fused-ring (bicyclic) bond motifs is 2. The summed E-state index contributed by atoms with van der Waals surface area (Å²) in [6.07, 6.45) is 6.89. The second-order valence-corrected chi connectivity index (χ2v) is 9.20. The summed E-state index contributed by atoms with van der Waals surface area (Å²) in [4.78, 5) is 15.0. The van der Waals surface area contributed by atoms with E-state index in [1.165, 1.54) is 6.07 Å². The molecule has 1 aromatic carbocycles. The van der Waals surface area contributed by atoms with Gasteiger partial charge in [0.15, 0.2) is 0 Å². The zero-order valence-electron chi connectivity index (χ0n) is 18.1. The fourth-order valence-corrected chi connectivity index (χ4v) is 5.45. The zero-order valence-corrected chi connectivity index (χ0v) is 18.9. The lowest BCUT2D eigenvalue weighted by atomic mass is 10.1. The summed E-state index contributed by atoms with van der Waals surface area (Å²) in [5.74, 6) is -0.228. The molecule has 0 bridgehead atoms. The smallest absolute Gasteiger partial charge is 0.137 e. The van der Waals surface area contributed by atoms with E-state index in [1.54, 1.807) is 23.6 Å². The van der Waals surface area contributed by atoms with Crippen molar-refractivity contribution in [3.05, 3.63) is 60.1 Å². The molecule has 1 aliphatic rings. The van der Waals surface area contributed by atoms with Crippen molar-refractivity contribution in [3.63, 3.8) is 0 Å². The second kappa shape index (κ2) is 8.70. The van der Waals surface area contributed by atoms with E-state index in [4.69, 9.17) is 9.72 Å². The molecular formula is C25H24FN5OS.